The average molecular weight is 283 g/mol. The average Bonchev–Trinajstić information content (AvgIpc) is 2.53. The predicted molar refractivity (Wildman–Crippen MR) is 78.8 cm³/mol. The van der Waals surface area contributed by atoms with Crippen LogP contribution in [0.1, 0.15) is 34.5 Å². The van der Waals surface area contributed by atoms with Crippen LogP contribution in [0.25, 0.3) is 0 Å². The van der Waals surface area contributed by atoms with Crippen molar-refractivity contribution < 1.29 is 14.3 Å². The van der Waals surface area contributed by atoms with Crippen LogP contribution < -0.4 is 9.47 Å². The van der Waals surface area contributed by atoms with Gasteiger partial charge in [-0.2, -0.15) is 0 Å². The number of methoxy groups -OCH3 is 1. The van der Waals surface area contributed by atoms with Crippen molar-refractivity contribution in [2.24, 2.45) is 0 Å². The van der Waals surface area contributed by atoms with E-state index in [0.717, 1.165) is 35.4 Å². The number of aromatic nitrogens is 1. The van der Waals surface area contributed by atoms with Crippen LogP contribution in [0.5, 0.6) is 11.6 Å². The summed E-state index contributed by atoms with van der Waals surface area (Å²) in [6, 6.07) is 11.2. The maximum atomic E-state index is 11.9. The molecule has 1 aliphatic carbocycles. The summed E-state index contributed by atoms with van der Waals surface area (Å²) >= 11 is 0. The van der Waals surface area contributed by atoms with Gasteiger partial charge in [-0.05, 0) is 25.0 Å². The van der Waals surface area contributed by atoms with E-state index in [0.29, 0.717) is 18.9 Å². The fraction of sp³-hybridized carbons (Fsp3) is 0.294. The summed E-state index contributed by atoms with van der Waals surface area (Å²) < 4.78 is 11.0. The monoisotopic (exact) mass is 283 g/mol. The molecule has 0 aliphatic heterocycles. The third kappa shape index (κ3) is 2.89. The summed E-state index contributed by atoms with van der Waals surface area (Å²) in [5, 5.41) is 0. The van der Waals surface area contributed by atoms with Crippen LogP contribution in [0.15, 0.2) is 36.4 Å². The number of hydrogen-bond donors (Lipinski definition) is 0. The number of carbonyl (C=O) groups is 1. The first kappa shape index (κ1) is 13.6. The molecule has 0 spiro atoms. The molecule has 4 nitrogen and oxygen atoms in total. The highest BCUT2D eigenvalue weighted by Crippen LogP contribution is 2.30. The van der Waals surface area contributed by atoms with Gasteiger partial charge in [0.2, 0.25) is 5.88 Å². The summed E-state index contributed by atoms with van der Waals surface area (Å²) in [5.41, 5.74) is 2.63. The third-order valence-corrected chi connectivity index (χ3v) is 3.63. The molecule has 3 rings (SSSR count). The first-order chi connectivity index (χ1) is 10.3. The summed E-state index contributed by atoms with van der Waals surface area (Å²) in [4.78, 5) is 16.2. The van der Waals surface area contributed by atoms with E-state index in [9.17, 15) is 4.79 Å². The van der Waals surface area contributed by atoms with Crippen molar-refractivity contribution in [3.05, 3.63) is 53.2 Å². The van der Waals surface area contributed by atoms with E-state index in [4.69, 9.17) is 9.47 Å². The van der Waals surface area contributed by atoms with E-state index in [1.54, 1.807) is 13.2 Å². The van der Waals surface area contributed by atoms with Crippen LogP contribution in [0.3, 0.4) is 0 Å². The minimum absolute atomic E-state index is 0.209. The molecule has 0 saturated heterocycles. The molecule has 0 saturated carbocycles. The van der Waals surface area contributed by atoms with Gasteiger partial charge in [0.15, 0.2) is 5.78 Å². The quantitative estimate of drug-likeness (QED) is 0.864. The van der Waals surface area contributed by atoms with Crippen LogP contribution in [0, 0.1) is 0 Å². The van der Waals surface area contributed by atoms with Gasteiger partial charge >= 0.3 is 0 Å². The van der Waals surface area contributed by atoms with Crippen molar-refractivity contribution in [3.63, 3.8) is 0 Å². The molecule has 0 atom stereocenters. The van der Waals surface area contributed by atoms with Crippen molar-refractivity contribution in [3.8, 4) is 11.6 Å². The van der Waals surface area contributed by atoms with Crippen molar-refractivity contribution in [2.75, 3.05) is 7.11 Å². The zero-order valence-corrected chi connectivity index (χ0v) is 12.0. The normalized spacial score (nSPS) is 13.7. The molecule has 1 aromatic heterocycles. The topological polar surface area (TPSA) is 48.4 Å². The second-order valence-corrected chi connectivity index (χ2v) is 5.02. The Morgan fingerprint density at radius 2 is 2.00 bits per heavy atom. The van der Waals surface area contributed by atoms with Gasteiger partial charge in [0.1, 0.15) is 12.4 Å². The molecule has 1 heterocycles. The van der Waals surface area contributed by atoms with Crippen molar-refractivity contribution in [1.82, 2.24) is 4.98 Å². The molecule has 1 aliphatic rings. The van der Waals surface area contributed by atoms with Gasteiger partial charge in [-0.3, -0.25) is 4.79 Å². The Balaban J connectivity index is 1.79. The lowest BCUT2D eigenvalue weighted by Crippen LogP contribution is -2.12. The van der Waals surface area contributed by atoms with Gasteiger partial charge in [0.05, 0.1) is 12.8 Å². The third-order valence-electron chi connectivity index (χ3n) is 3.63. The number of carbonyl (C=O) groups excluding carboxylic acids is 1. The van der Waals surface area contributed by atoms with Crippen LogP contribution in [0.4, 0.5) is 0 Å². The van der Waals surface area contributed by atoms with Crippen LogP contribution in [-0.2, 0) is 13.0 Å². The minimum atomic E-state index is 0.209. The molecule has 0 unspecified atom stereocenters. The summed E-state index contributed by atoms with van der Waals surface area (Å²) in [7, 11) is 1.59. The Labute approximate surface area is 123 Å². The smallest absolute Gasteiger partial charge is 0.213 e. The number of rotatable bonds is 4. The highest BCUT2D eigenvalue weighted by atomic mass is 16.5. The molecular weight excluding hydrogens is 266 g/mol. The highest BCUT2D eigenvalue weighted by Gasteiger charge is 2.20. The maximum Gasteiger partial charge on any atom is 0.213 e. The standard InChI is InChI=1S/C17H17NO3/c1-20-17-10-2-5-12(18-17)11-21-16-9-4-6-13-14(16)7-3-8-15(13)19/h2,4-6,9-10H,3,7-8,11H2,1H3. The second-order valence-electron chi connectivity index (χ2n) is 5.02. The lowest BCUT2D eigenvalue weighted by molar-refractivity contribution is 0.0971. The predicted octanol–water partition coefficient (Wildman–Crippen LogP) is 3.19. The Kier molecular flexibility index (Phi) is 3.86. The molecule has 0 N–H and O–H groups in total. The van der Waals surface area contributed by atoms with Gasteiger partial charge in [-0.15, -0.1) is 0 Å². The Hall–Kier alpha value is -2.36. The molecule has 1 aromatic carbocycles. The Morgan fingerprint density at radius 1 is 1.14 bits per heavy atom. The van der Waals surface area contributed by atoms with Crippen LogP contribution in [-0.4, -0.2) is 17.9 Å². The molecular formula is C17H17NO3. The number of fused-ring (bicyclic) bond motifs is 1. The SMILES string of the molecule is COc1cccc(COc2cccc3c2CCCC3=O)n1. The summed E-state index contributed by atoms with van der Waals surface area (Å²) in [6.45, 7) is 0.363. The Morgan fingerprint density at radius 3 is 2.86 bits per heavy atom. The highest BCUT2D eigenvalue weighted by molar-refractivity contribution is 5.99. The zero-order valence-electron chi connectivity index (χ0n) is 12.0. The number of benzene rings is 1. The number of ether oxygens (including phenoxy) is 2. The van der Waals surface area contributed by atoms with Crippen molar-refractivity contribution in [2.45, 2.75) is 25.9 Å². The first-order valence-electron chi connectivity index (χ1n) is 7.06. The fourth-order valence-corrected chi connectivity index (χ4v) is 2.58. The first-order valence-corrected chi connectivity index (χ1v) is 7.06. The van der Waals surface area contributed by atoms with E-state index < -0.39 is 0 Å². The molecule has 0 amide bonds. The van der Waals surface area contributed by atoms with Gasteiger partial charge in [-0.25, -0.2) is 4.98 Å². The van der Waals surface area contributed by atoms with E-state index in [2.05, 4.69) is 4.98 Å². The fourth-order valence-electron chi connectivity index (χ4n) is 2.58. The number of nitrogens with zero attached hydrogens (tertiary/aromatic N) is 1. The van der Waals surface area contributed by atoms with E-state index >= 15 is 0 Å². The number of hydrogen-bond acceptors (Lipinski definition) is 4. The minimum Gasteiger partial charge on any atom is -0.487 e. The van der Waals surface area contributed by atoms with Crippen LogP contribution >= 0.6 is 0 Å². The molecule has 0 fully saturated rings. The second kappa shape index (κ2) is 5.95. The number of ketones is 1. The Bertz CT molecular complexity index is 667. The number of pyridine rings is 1. The zero-order chi connectivity index (χ0) is 14.7. The van der Waals surface area contributed by atoms with Crippen molar-refractivity contribution >= 4 is 5.78 Å². The van der Waals surface area contributed by atoms with E-state index in [1.807, 2.05) is 30.3 Å². The maximum absolute atomic E-state index is 11.9. The van der Waals surface area contributed by atoms with E-state index in [-0.39, 0.29) is 5.78 Å². The molecule has 21 heavy (non-hydrogen) atoms. The summed E-state index contributed by atoms with van der Waals surface area (Å²) in [6.07, 6.45) is 2.42. The van der Waals surface area contributed by atoms with Crippen LogP contribution in [0.2, 0.25) is 0 Å². The summed E-state index contributed by atoms with van der Waals surface area (Å²) in [5.74, 6) is 1.56. The molecule has 0 radical (unpaired) electrons. The molecule has 0 bridgehead atoms. The number of Topliss-reactive ketones (excluding diaryl/α,β-unsaturated/α-hetero) is 1. The molecule has 4 heteroatoms. The van der Waals surface area contributed by atoms with Gasteiger partial charge < -0.3 is 9.47 Å². The van der Waals surface area contributed by atoms with E-state index in [1.165, 1.54) is 0 Å². The molecule has 2 aromatic rings. The lowest BCUT2D eigenvalue weighted by Gasteiger charge is -2.18. The largest absolute Gasteiger partial charge is 0.487 e. The van der Waals surface area contributed by atoms with Gasteiger partial charge in [-0.1, -0.05) is 18.2 Å². The van der Waals surface area contributed by atoms with Gasteiger partial charge in [0.25, 0.3) is 0 Å². The van der Waals surface area contributed by atoms with Gasteiger partial charge in [0, 0.05) is 23.6 Å². The molecule has 108 valence electrons. The lowest BCUT2D eigenvalue weighted by atomic mass is 9.90. The van der Waals surface area contributed by atoms with Crippen molar-refractivity contribution in [1.29, 1.82) is 0 Å².